The van der Waals surface area contributed by atoms with E-state index in [2.05, 4.69) is 5.32 Å². The Morgan fingerprint density at radius 1 is 1.40 bits per heavy atom. The van der Waals surface area contributed by atoms with Crippen LogP contribution in [0.25, 0.3) is 0 Å². The summed E-state index contributed by atoms with van der Waals surface area (Å²) < 4.78 is 5.05. The van der Waals surface area contributed by atoms with Crippen molar-refractivity contribution in [1.29, 1.82) is 0 Å². The van der Waals surface area contributed by atoms with Gasteiger partial charge < -0.3 is 15.2 Å². The number of carbonyl (C=O) groups is 1. The van der Waals surface area contributed by atoms with Gasteiger partial charge in [-0.1, -0.05) is 13.3 Å². The lowest BCUT2D eigenvalue weighted by Gasteiger charge is -2.20. The first-order valence-corrected chi connectivity index (χ1v) is 5.50. The average Bonchev–Trinajstić information content (AvgIpc) is 2.00. The molecule has 0 spiro atoms. The minimum Gasteiger partial charge on any atom is -0.444 e. The molecule has 0 aliphatic rings. The number of ether oxygens (including phenoxy) is 1. The highest BCUT2D eigenvalue weighted by Gasteiger charge is 2.15. The fourth-order valence-corrected chi connectivity index (χ4v) is 1.13. The fraction of sp³-hybridized carbons (Fsp3) is 0.909. The summed E-state index contributed by atoms with van der Waals surface area (Å²) in [4.78, 5) is 11.2. The highest BCUT2D eigenvalue weighted by Crippen LogP contribution is 2.06. The predicted octanol–water partition coefficient (Wildman–Crippen LogP) is 2.06. The van der Waals surface area contributed by atoms with Gasteiger partial charge in [0, 0.05) is 6.54 Å². The summed E-state index contributed by atoms with van der Waals surface area (Å²) in [7, 11) is 0. The van der Waals surface area contributed by atoms with Gasteiger partial charge in [-0.05, 0) is 33.6 Å². The largest absolute Gasteiger partial charge is 0.444 e. The van der Waals surface area contributed by atoms with E-state index in [1.807, 2.05) is 27.7 Å². The standard InChI is InChI=1S/C11H23NO3/c1-5-6-9(13)7-8-12-10(14)15-11(2,3)4/h9,13H,5-8H2,1-4H3,(H,12,14)/t9-/m0/s1. The van der Waals surface area contributed by atoms with Gasteiger partial charge in [0.25, 0.3) is 0 Å². The second-order valence-electron chi connectivity index (χ2n) is 4.66. The molecule has 1 amide bonds. The monoisotopic (exact) mass is 217 g/mol. The van der Waals surface area contributed by atoms with Crippen LogP contribution in [0.1, 0.15) is 47.0 Å². The third kappa shape index (κ3) is 9.53. The molecule has 0 saturated carbocycles. The number of amides is 1. The van der Waals surface area contributed by atoms with Crippen molar-refractivity contribution < 1.29 is 14.6 Å². The lowest BCUT2D eigenvalue weighted by atomic mass is 10.1. The maximum atomic E-state index is 11.2. The summed E-state index contributed by atoms with van der Waals surface area (Å²) in [6, 6.07) is 0. The molecular weight excluding hydrogens is 194 g/mol. The van der Waals surface area contributed by atoms with Crippen LogP contribution in [0.4, 0.5) is 4.79 Å². The zero-order valence-corrected chi connectivity index (χ0v) is 10.2. The highest BCUT2D eigenvalue weighted by molar-refractivity contribution is 5.67. The van der Waals surface area contributed by atoms with Crippen LogP contribution >= 0.6 is 0 Å². The zero-order chi connectivity index (χ0) is 11.9. The molecule has 0 heterocycles. The molecule has 0 aromatic heterocycles. The number of aliphatic hydroxyl groups excluding tert-OH is 1. The molecular formula is C11H23NO3. The van der Waals surface area contributed by atoms with E-state index in [0.29, 0.717) is 13.0 Å². The van der Waals surface area contributed by atoms with Crippen molar-refractivity contribution >= 4 is 6.09 Å². The Hall–Kier alpha value is -0.770. The van der Waals surface area contributed by atoms with Gasteiger partial charge in [-0.2, -0.15) is 0 Å². The molecule has 1 atom stereocenters. The van der Waals surface area contributed by atoms with Crippen LogP contribution in [0.3, 0.4) is 0 Å². The van der Waals surface area contributed by atoms with Gasteiger partial charge in [-0.15, -0.1) is 0 Å². The highest BCUT2D eigenvalue weighted by atomic mass is 16.6. The van der Waals surface area contributed by atoms with Crippen LogP contribution in [-0.4, -0.2) is 29.4 Å². The summed E-state index contributed by atoms with van der Waals surface area (Å²) in [5.74, 6) is 0. The van der Waals surface area contributed by atoms with Crippen LogP contribution in [0.2, 0.25) is 0 Å². The van der Waals surface area contributed by atoms with Gasteiger partial charge in [0.1, 0.15) is 5.60 Å². The van der Waals surface area contributed by atoms with Crippen LogP contribution in [0.15, 0.2) is 0 Å². The minimum absolute atomic E-state index is 0.329. The molecule has 0 unspecified atom stereocenters. The molecule has 2 N–H and O–H groups in total. The summed E-state index contributed by atoms with van der Waals surface area (Å²) >= 11 is 0. The van der Waals surface area contributed by atoms with Crippen molar-refractivity contribution in [2.75, 3.05) is 6.54 Å². The van der Waals surface area contributed by atoms with Gasteiger partial charge in [0.2, 0.25) is 0 Å². The van der Waals surface area contributed by atoms with E-state index in [1.165, 1.54) is 0 Å². The second kappa shape index (κ2) is 6.67. The van der Waals surface area contributed by atoms with Crippen molar-refractivity contribution in [3.63, 3.8) is 0 Å². The quantitative estimate of drug-likeness (QED) is 0.741. The Labute approximate surface area is 92.0 Å². The van der Waals surface area contributed by atoms with E-state index in [1.54, 1.807) is 0 Å². The Bertz CT molecular complexity index is 187. The van der Waals surface area contributed by atoms with Gasteiger partial charge in [-0.25, -0.2) is 4.79 Å². The molecule has 0 saturated heterocycles. The third-order valence-corrected chi connectivity index (χ3v) is 1.77. The smallest absolute Gasteiger partial charge is 0.407 e. The fourth-order valence-electron chi connectivity index (χ4n) is 1.13. The van der Waals surface area contributed by atoms with E-state index in [0.717, 1.165) is 12.8 Å². The first-order chi connectivity index (χ1) is 6.85. The van der Waals surface area contributed by atoms with Crippen LogP contribution in [0.5, 0.6) is 0 Å². The number of carbonyl (C=O) groups excluding carboxylic acids is 1. The first-order valence-electron chi connectivity index (χ1n) is 5.50. The predicted molar refractivity (Wildman–Crippen MR) is 59.8 cm³/mol. The third-order valence-electron chi connectivity index (χ3n) is 1.77. The number of hydrogen-bond donors (Lipinski definition) is 2. The van der Waals surface area contributed by atoms with Crippen LogP contribution in [0, 0.1) is 0 Å². The van der Waals surface area contributed by atoms with E-state index in [-0.39, 0.29) is 6.10 Å². The zero-order valence-electron chi connectivity index (χ0n) is 10.2. The molecule has 0 radical (unpaired) electrons. The summed E-state index contributed by atoms with van der Waals surface area (Å²) in [5.41, 5.74) is -0.466. The molecule has 15 heavy (non-hydrogen) atoms. The maximum Gasteiger partial charge on any atom is 0.407 e. The molecule has 0 aliphatic carbocycles. The molecule has 0 aromatic rings. The Morgan fingerprint density at radius 3 is 2.47 bits per heavy atom. The summed E-state index contributed by atoms with van der Waals surface area (Å²) in [5, 5.41) is 12.0. The number of rotatable bonds is 5. The first kappa shape index (κ1) is 14.2. The summed E-state index contributed by atoms with van der Waals surface area (Å²) in [6.07, 6.45) is 1.55. The topological polar surface area (TPSA) is 58.6 Å². The maximum absolute atomic E-state index is 11.2. The Balaban J connectivity index is 3.55. The number of hydrogen-bond acceptors (Lipinski definition) is 3. The summed E-state index contributed by atoms with van der Waals surface area (Å²) in [6.45, 7) is 7.93. The molecule has 4 nitrogen and oxygen atoms in total. The van der Waals surface area contributed by atoms with Crippen molar-refractivity contribution in [3.05, 3.63) is 0 Å². The van der Waals surface area contributed by atoms with Gasteiger partial charge in [0.05, 0.1) is 6.10 Å². The molecule has 0 bridgehead atoms. The lowest BCUT2D eigenvalue weighted by molar-refractivity contribution is 0.0517. The van der Waals surface area contributed by atoms with Crippen molar-refractivity contribution in [2.45, 2.75) is 58.7 Å². The Kier molecular flexibility index (Phi) is 6.32. The van der Waals surface area contributed by atoms with Crippen molar-refractivity contribution in [1.82, 2.24) is 5.32 Å². The number of alkyl carbamates (subject to hydrolysis) is 1. The van der Waals surface area contributed by atoms with E-state index in [4.69, 9.17) is 4.74 Å². The van der Waals surface area contributed by atoms with Crippen LogP contribution in [-0.2, 0) is 4.74 Å². The van der Waals surface area contributed by atoms with Gasteiger partial charge in [-0.3, -0.25) is 0 Å². The lowest BCUT2D eigenvalue weighted by Crippen LogP contribution is -2.34. The van der Waals surface area contributed by atoms with E-state index in [9.17, 15) is 9.90 Å². The molecule has 0 fully saturated rings. The average molecular weight is 217 g/mol. The molecule has 0 rings (SSSR count). The number of aliphatic hydroxyl groups is 1. The SMILES string of the molecule is CCC[C@H](O)CCNC(=O)OC(C)(C)C. The van der Waals surface area contributed by atoms with Crippen molar-refractivity contribution in [3.8, 4) is 0 Å². The van der Waals surface area contributed by atoms with E-state index < -0.39 is 11.7 Å². The minimum atomic E-state index is -0.466. The molecule has 90 valence electrons. The van der Waals surface area contributed by atoms with Gasteiger partial charge in [0.15, 0.2) is 0 Å². The van der Waals surface area contributed by atoms with E-state index >= 15 is 0 Å². The van der Waals surface area contributed by atoms with Crippen LogP contribution < -0.4 is 5.32 Å². The van der Waals surface area contributed by atoms with Gasteiger partial charge >= 0.3 is 6.09 Å². The second-order valence-corrected chi connectivity index (χ2v) is 4.66. The molecule has 4 heteroatoms. The Morgan fingerprint density at radius 2 is 2.00 bits per heavy atom. The normalized spacial score (nSPS) is 13.4. The molecule has 0 aliphatic heterocycles. The number of nitrogens with one attached hydrogen (secondary N) is 1. The van der Waals surface area contributed by atoms with Crippen molar-refractivity contribution in [2.24, 2.45) is 0 Å². The molecule has 0 aromatic carbocycles.